The number of anilines is 1. The van der Waals surface area contributed by atoms with Crippen molar-refractivity contribution in [2.75, 3.05) is 18.0 Å². The number of piperidine rings is 1. The Morgan fingerprint density at radius 3 is 2.33 bits per heavy atom. The second kappa shape index (κ2) is 4.89. The van der Waals surface area contributed by atoms with E-state index in [0.717, 1.165) is 44.5 Å². The van der Waals surface area contributed by atoms with Crippen LogP contribution >= 0.6 is 0 Å². The highest BCUT2D eigenvalue weighted by molar-refractivity contribution is 5.61. The first-order chi connectivity index (χ1) is 8.52. The van der Waals surface area contributed by atoms with E-state index in [1.807, 2.05) is 11.0 Å². The Balaban J connectivity index is 2.34. The van der Waals surface area contributed by atoms with Crippen molar-refractivity contribution in [1.29, 1.82) is 5.26 Å². The summed E-state index contributed by atoms with van der Waals surface area (Å²) in [6.45, 7) is 1.61. The smallest absolute Gasteiger partial charge is 0.370 e. The normalized spacial score (nSPS) is 16.4. The lowest BCUT2D eigenvalue weighted by Gasteiger charge is -2.29. The fourth-order valence-corrected chi connectivity index (χ4v) is 2.21. The van der Waals surface area contributed by atoms with Crippen molar-refractivity contribution in [3.63, 3.8) is 0 Å². The van der Waals surface area contributed by atoms with Crippen molar-refractivity contribution in [3.8, 4) is 6.07 Å². The zero-order chi connectivity index (χ0) is 13.2. The first kappa shape index (κ1) is 12.7. The van der Waals surface area contributed by atoms with Crippen molar-refractivity contribution in [3.05, 3.63) is 29.3 Å². The van der Waals surface area contributed by atoms with E-state index < -0.39 is 11.7 Å². The number of alkyl halides is 3. The summed E-state index contributed by atoms with van der Waals surface area (Å²) in [5.74, 6) is 0. The van der Waals surface area contributed by atoms with Gasteiger partial charge in [0.2, 0.25) is 0 Å². The van der Waals surface area contributed by atoms with Crippen LogP contribution in [0.1, 0.15) is 30.4 Å². The molecule has 1 aliphatic rings. The Bertz CT molecular complexity index is 468. The Labute approximate surface area is 104 Å². The summed E-state index contributed by atoms with van der Waals surface area (Å²) >= 11 is 0. The summed E-state index contributed by atoms with van der Waals surface area (Å²) in [6.07, 6.45) is -1.22. The average Bonchev–Trinajstić information content (AvgIpc) is 2.38. The van der Waals surface area contributed by atoms with Crippen LogP contribution in [0.15, 0.2) is 18.2 Å². The number of nitriles is 1. The number of hydrogen-bond donors (Lipinski definition) is 0. The van der Waals surface area contributed by atoms with E-state index in [1.165, 1.54) is 6.07 Å². The van der Waals surface area contributed by atoms with Gasteiger partial charge >= 0.3 is 6.18 Å². The third kappa shape index (κ3) is 2.58. The molecule has 2 rings (SSSR count). The Kier molecular flexibility index (Phi) is 3.46. The fraction of sp³-hybridized carbons (Fsp3) is 0.462. The lowest BCUT2D eigenvalue weighted by atomic mass is 10.0. The molecule has 1 saturated heterocycles. The minimum atomic E-state index is -4.40. The van der Waals surface area contributed by atoms with E-state index >= 15 is 0 Å². The van der Waals surface area contributed by atoms with E-state index in [0.29, 0.717) is 5.69 Å². The van der Waals surface area contributed by atoms with Gasteiger partial charge in [-0.2, -0.15) is 18.4 Å². The van der Waals surface area contributed by atoms with Crippen molar-refractivity contribution in [1.82, 2.24) is 0 Å². The largest absolute Gasteiger partial charge is 0.416 e. The number of hydrogen-bond acceptors (Lipinski definition) is 2. The molecule has 0 atom stereocenters. The van der Waals surface area contributed by atoms with Gasteiger partial charge in [0.05, 0.1) is 16.8 Å². The molecule has 1 aliphatic heterocycles. The van der Waals surface area contributed by atoms with Gasteiger partial charge in [0, 0.05) is 13.1 Å². The zero-order valence-electron chi connectivity index (χ0n) is 9.80. The van der Waals surface area contributed by atoms with E-state index in [2.05, 4.69) is 0 Å². The van der Waals surface area contributed by atoms with Crippen LogP contribution in [0.3, 0.4) is 0 Å². The third-order valence-corrected chi connectivity index (χ3v) is 3.14. The minimum absolute atomic E-state index is 0.103. The van der Waals surface area contributed by atoms with Crippen molar-refractivity contribution < 1.29 is 13.2 Å². The molecule has 0 amide bonds. The maximum Gasteiger partial charge on any atom is 0.416 e. The van der Waals surface area contributed by atoms with Crippen LogP contribution in [0.25, 0.3) is 0 Å². The molecular formula is C13H13F3N2. The summed E-state index contributed by atoms with van der Waals surface area (Å²) in [6, 6.07) is 5.25. The molecule has 0 spiro atoms. The van der Waals surface area contributed by atoms with Crippen LogP contribution < -0.4 is 4.90 Å². The van der Waals surface area contributed by atoms with Crippen molar-refractivity contribution in [2.24, 2.45) is 0 Å². The first-order valence-corrected chi connectivity index (χ1v) is 5.88. The summed E-state index contributed by atoms with van der Waals surface area (Å²) in [5.41, 5.74) is -0.0447. The van der Waals surface area contributed by atoms with E-state index in [-0.39, 0.29) is 5.56 Å². The fourth-order valence-electron chi connectivity index (χ4n) is 2.21. The molecule has 1 aromatic carbocycles. The van der Waals surface area contributed by atoms with Gasteiger partial charge in [-0.15, -0.1) is 0 Å². The molecule has 18 heavy (non-hydrogen) atoms. The SMILES string of the molecule is N#Cc1cc(C(F)(F)F)ccc1N1CCCCC1. The Morgan fingerprint density at radius 1 is 1.11 bits per heavy atom. The predicted octanol–water partition coefficient (Wildman–Crippen LogP) is 3.57. The lowest BCUT2D eigenvalue weighted by molar-refractivity contribution is -0.137. The summed E-state index contributed by atoms with van der Waals surface area (Å²) < 4.78 is 37.7. The van der Waals surface area contributed by atoms with Gasteiger partial charge in [-0.25, -0.2) is 0 Å². The van der Waals surface area contributed by atoms with Gasteiger partial charge < -0.3 is 4.90 Å². The molecule has 96 valence electrons. The molecule has 0 aromatic heterocycles. The number of benzene rings is 1. The summed E-state index contributed by atoms with van der Waals surface area (Å²) in [5, 5.41) is 9.00. The first-order valence-electron chi connectivity index (χ1n) is 5.88. The van der Waals surface area contributed by atoms with Gasteiger partial charge in [0.15, 0.2) is 0 Å². The van der Waals surface area contributed by atoms with Crippen molar-refractivity contribution >= 4 is 5.69 Å². The molecule has 0 N–H and O–H groups in total. The highest BCUT2D eigenvalue weighted by atomic mass is 19.4. The highest BCUT2D eigenvalue weighted by Crippen LogP contribution is 2.33. The molecule has 1 fully saturated rings. The second-order valence-corrected chi connectivity index (χ2v) is 4.39. The maximum atomic E-state index is 12.6. The van der Waals surface area contributed by atoms with Gasteiger partial charge in [-0.1, -0.05) is 0 Å². The standard InChI is InChI=1S/C13H13F3N2/c14-13(15,16)11-4-5-12(10(8-11)9-17)18-6-2-1-3-7-18/h4-5,8H,1-3,6-7H2. The van der Waals surface area contributed by atoms with E-state index in [9.17, 15) is 13.2 Å². The number of halogens is 3. The zero-order valence-corrected chi connectivity index (χ0v) is 9.80. The second-order valence-electron chi connectivity index (χ2n) is 4.39. The quantitative estimate of drug-likeness (QED) is 0.766. The molecule has 0 saturated carbocycles. The van der Waals surface area contributed by atoms with Crippen LogP contribution in [-0.2, 0) is 6.18 Å². The van der Waals surface area contributed by atoms with Crippen LogP contribution in [0, 0.1) is 11.3 Å². The molecule has 5 heteroatoms. The molecular weight excluding hydrogens is 241 g/mol. The minimum Gasteiger partial charge on any atom is -0.370 e. The third-order valence-electron chi connectivity index (χ3n) is 3.14. The molecule has 0 bridgehead atoms. The molecule has 0 aliphatic carbocycles. The lowest BCUT2D eigenvalue weighted by Crippen LogP contribution is -2.30. The Morgan fingerprint density at radius 2 is 1.78 bits per heavy atom. The number of nitrogens with zero attached hydrogens (tertiary/aromatic N) is 2. The molecule has 1 aromatic rings. The summed E-state index contributed by atoms with van der Waals surface area (Å²) in [4.78, 5) is 1.99. The van der Waals surface area contributed by atoms with Crippen LogP contribution in [0.2, 0.25) is 0 Å². The maximum absolute atomic E-state index is 12.6. The van der Waals surface area contributed by atoms with Crippen LogP contribution in [0.4, 0.5) is 18.9 Å². The topological polar surface area (TPSA) is 27.0 Å². The summed E-state index contributed by atoms with van der Waals surface area (Å²) in [7, 11) is 0. The predicted molar refractivity (Wildman–Crippen MR) is 62.2 cm³/mol. The van der Waals surface area contributed by atoms with E-state index in [1.54, 1.807) is 0 Å². The van der Waals surface area contributed by atoms with Gasteiger partial charge in [-0.3, -0.25) is 0 Å². The molecule has 0 radical (unpaired) electrons. The Hall–Kier alpha value is -1.70. The van der Waals surface area contributed by atoms with Crippen LogP contribution in [0.5, 0.6) is 0 Å². The molecule has 2 nitrogen and oxygen atoms in total. The number of rotatable bonds is 1. The van der Waals surface area contributed by atoms with Gasteiger partial charge in [0.1, 0.15) is 6.07 Å². The highest BCUT2D eigenvalue weighted by Gasteiger charge is 2.31. The van der Waals surface area contributed by atoms with Crippen molar-refractivity contribution in [2.45, 2.75) is 25.4 Å². The molecule has 1 heterocycles. The van der Waals surface area contributed by atoms with Gasteiger partial charge in [0.25, 0.3) is 0 Å². The molecule has 0 unspecified atom stereocenters. The monoisotopic (exact) mass is 254 g/mol. The average molecular weight is 254 g/mol. The van der Waals surface area contributed by atoms with Gasteiger partial charge in [-0.05, 0) is 37.5 Å². The van der Waals surface area contributed by atoms with Crippen LogP contribution in [-0.4, -0.2) is 13.1 Å². The van der Waals surface area contributed by atoms with E-state index in [4.69, 9.17) is 5.26 Å².